The maximum atomic E-state index is 5.43. The van der Waals surface area contributed by atoms with Gasteiger partial charge in [0.25, 0.3) is 0 Å². The van der Waals surface area contributed by atoms with Crippen LogP contribution in [0.15, 0.2) is 0 Å². The summed E-state index contributed by atoms with van der Waals surface area (Å²) in [7, 11) is 3.57. The summed E-state index contributed by atoms with van der Waals surface area (Å²) in [5.74, 6) is 0.871. The van der Waals surface area contributed by atoms with Crippen molar-refractivity contribution in [2.75, 3.05) is 40.5 Å². The Morgan fingerprint density at radius 1 is 1.16 bits per heavy atom. The molecule has 1 aliphatic rings. The van der Waals surface area contributed by atoms with E-state index in [4.69, 9.17) is 9.47 Å². The molecule has 0 spiro atoms. The normalized spacial score (nSPS) is 19.1. The maximum absolute atomic E-state index is 5.43. The molecule has 0 aromatic heterocycles. The summed E-state index contributed by atoms with van der Waals surface area (Å²) in [6, 6.07) is 1.57. The predicted molar refractivity (Wildman–Crippen MR) is 79.6 cm³/mol. The zero-order valence-corrected chi connectivity index (χ0v) is 13.3. The number of rotatable bonds is 11. The Hall–Kier alpha value is -0.160. The average Bonchev–Trinajstić information content (AvgIpc) is 3.19. The van der Waals surface area contributed by atoms with E-state index in [2.05, 4.69) is 31.0 Å². The van der Waals surface area contributed by atoms with Crippen molar-refractivity contribution in [3.8, 4) is 0 Å². The summed E-state index contributed by atoms with van der Waals surface area (Å²) in [4.78, 5) is 2.57. The van der Waals surface area contributed by atoms with Gasteiger partial charge in [-0.15, -0.1) is 0 Å². The minimum absolute atomic E-state index is 0.429. The molecular weight excluding hydrogens is 240 g/mol. The molecule has 0 saturated heterocycles. The molecule has 4 heteroatoms. The van der Waals surface area contributed by atoms with Crippen LogP contribution in [0.3, 0.4) is 0 Å². The van der Waals surface area contributed by atoms with E-state index in [-0.39, 0.29) is 0 Å². The van der Waals surface area contributed by atoms with Crippen LogP contribution in [0, 0.1) is 5.92 Å². The maximum Gasteiger partial charge on any atom is 0.0630 e. The molecule has 0 aliphatic heterocycles. The molecule has 0 aromatic carbocycles. The van der Waals surface area contributed by atoms with Crippen LogP contribution in [0.2, 0.25) is 0 Å². The smallest absolute Gasteiger partial charge is 0.0630 e. The Labute approximate surface area is 118 Å². The van der Waals surface area contributed by atoms with E-state index in [0.29, 0.717) is 18.1 Å². The Bertz CT molecular complexity index is 232. The Morgan fingerprint density at radius 2 is 1.84 bits per heavy atom. The lowest BCUT2D eigenvalue weighted by Crippen LogP contribution is -2.52. The van der Waals surface area contributed by atoms with Gasteiger partial charge in [-0.2, -0.15) is 0 Å². The van der Waals surface area contributed by atoms with Crippen molar-refractivity contribution >= 4 is 0 Å². The summed E-state index contributed by atoms with van der Waals surface area (Å²) < 4.78 is 10.7. The second kappa shape index (κ2) is 8.90. The standard InChI is InChI=1S/C15H32N2O2/c1-12(2)16-10-15(11-19-5)17(8-9-18-4)13(3)14-6-7-14/h12-16H,6-11H2,1-5H3. The van der Waals surface area contributed by atoms with Gasteiger partial charge in [-0.25, -0.2) is 0 Å². The topological polar surface area (TPSA) is 33.7 Å². The van der Waals surface area contributed by atoms with Gasteiger partial charge >= 0.3 is 0 Å². The predicted octanol–water partition coefficient (Wildman–Crippen LogP) is 1.75. The van der Waals surface area contributed by atoms with E-state index in [1.807, 2.05) is 0 Å². The monoisotopic (exact) mass is 272 g/mol. The minimum Gasteiger partial charge on any atom is -0.383 e. The molecule has 4 nitrogen and oxygen atoms in total. The summed E-state index contributed by atoms with van der Waals surface area (Å²) in [6.07, 6.45) is 2.75. The lowest BCUT2D eigenvalue weighted by molar-refractivity contribution is 0.0372. The molecule has 0 radical (unpaired) electrons. The summed E-state index contributed by atoms with van der Waals surface area (Å²) in [6.45, 7) is 10.3. The first-order chi connectivity index (χ1) is 9.10. The molecule has 114 valence electrons. The van der Waals surface area contributed by atoms with Gasteiger partial charge in [-0.3, -0.25) is 4.90 Å². The summed E-state index contributed by atoms with van der Waals surface area (Å²) in [5, 5.41) is 3.54. The highest BCUT2D eigenvalue weighted by Crippen LogP contribution is 2.35. The number of ether oxygens (including phenoxy) is 2. The first-order valence-electron chi connectivity index (χ1n) is 7.57. The molecule has 1 fully saturated rings. The van der Waals surface area contributed by atoms with E-state index < -0.39 is 0 Å². The van der Waals surface area contributed by atoms with Gasteiger partial charge in [0.05, 0.1) is 13.2 Å². The fraction of sp³-hybridized carbons (Fsp3) is 1.00. The average molecular weight is 272 g/mol. The highest BCUT2D eigenvalue weighted by Gasteiger charge is 2.34. The van der Waals surface area contributed by atoms with Crippen molar-refractivity contribution < 1.29 is 9.47 Å². The Morgan fingerprint density at radius 3 is 2.32 bits per heavy atom. The van der Waals surface area contributed by atoms with Crippen molar-refractivity contribution in [1.82, 2.24) is 10.2 Å². The van der Waals surface area contributed by atoms with Gasteiger partial charge in [0.15, 0.2) is 0 Å². The largest absolute Gasteiger partial charge is 0.383 e. The van der Waals surface area contributed by atoms with E-state index in [1.54, 1.807) is 14.2 Å². The lowest BCUT2D eigenvalue weighted by atomic mass is 10.1. The highest BCUT2D eigenvalue weighted by atomic mass is 16.5. The van der Waals surface area contributed by atoms with Crippen LogP contribution in [-0.2, 0) is 9.47 Å². The molecule has 0 aromatic rings. The first kappa shape index (κ1) is 16.9. The molecule has 2 atom stereocenters. The van der Waals surface area contributed by atoms with Gasteiger partial charge in [0.1, 0.15) is 0 Å². The zero-order valence-electron chi connectivity index (χ0n) is 13.3. The van der Waals surface area contributed by atoms with Crippen molar-refractivity contribution in [1.29, 1.82) is 0 Å². The number of methoxy groups -OCH3 is 2. The van der Waals surface area contributed by atoms with Crippen molar-refractivity contribution in [2.45, 2.75) is 51.7 Å². The van der Waals surface area contributed by atoms with Crippen molar-refractivity contribution in [3.05, 3.63) is 0 Å². The van der Waals surface area contributed by atoms with E-state index in [1.165, 1.54) is 12.8 Å². The molecule has 1 N–H and O–H groups in total. The van der Waals surface area contributed by atoms with Gasteiger partial charge in [0, 0.05) is 45.4 Å². The second-order valence-electron chi connectivity index (χ2n) is 5.98. The van der Waals surface area contributed by atoms with Crippen molar-refractivity contribution in [3.63, 3.8) is 0 Å². The van der Waals surface area contributed by atoms with Crippen LogP contribution >= 0.6 is 0 Å². The molecule has 1 rings (SSSR count). The number of hydrogen-bond acceptors (Lipinski definition) is 4. The molecule has 0 heterocycles. The van der Waals surface area contributed by atoms with Gasteiger partial charge in [-0.05, 0) is 25.7 Å². The third-order valence-electron chi connectivity index (χ3n) is 3.97. The zero-order chi connectivity index (χ0) is 14.3. The molecule has 1 aliphatic carbocycles. The SMILES string of the molecule is COCCN(C(CNC(C)C)COC)C(C)C1CC1. The van der Waals surface area contributed by atoms with E-state index in [0.717, 1.165) is 32.2 Å². The fourth-order valence-corrected chi connectivity index (χ4v) is 2.60. The number of nitrogens with zero attached hydrogens (tertiary/aromatic N) is 1. The Kier molecular flexibility index (Phi) is 7.91. The highest BCUT2D eigenvalue weighted by molar-refractivity contribution is 4.89. The number of hydrogen-bond donors (Lipinski definition) is 1. The van der Waals surface area contributed by atoms with Crippen LogP contribution in [0.25, 0.3) is 0 Å². The van der Waals surface area contributed by atoms with E-state index in [9.17, 15) is 0 Å². The van der Waals surface area contributed by atoms with Crippen LogP contribution in [0.5, 0.6) is 0 Å². The molecule has 0 amide bonds. The minimum atomic E-state index is 0.429. The van der Waals surface area contributed by atoms with Gasteiger partial charge in [0.2, 0.25) is 0 Å². The second-order valence-corrected chi connectivity index (χ2v) is 5.98. The van der Waals surface area contributed by atoms with Gasteiger partial charge < -0.3 is 14.8 Å². The van der Waals surface area contributed by atoms with E-state index >= 15 is 0 Å². The summed E-state index contributed by atoms with van der Waals surface area (Å²) >= 11 is 0. The molecular formula is C15H32N2O2. The van der Waals surface area contributed by atoms with Crippen molar-refractivity contribution in [2.24, 2.45) is 5.92 Å². The number of nitrogens with one attached hydrogen (secondary N) is 1. The van der Waals surface area contributed by atoms with Crippen LogP contribution in [0.1, 0.15) is 33.6 Å². The first-order valence-corrected chi connectivity index (χ1v) is 7.57. The fourth-order valence-electron chi connectivity index (χ4n) is 2.60. The molecule has 1 saturated carbocycles. The Balaban J connectivity index is 2.58. The third-order valence-corrected chi connectivity index (χ3v) is 3.97. The van der Waals surface area contributed by atoms with Crippen LogP contribution < -0.4 is 5.32 Å². The summed E-state index contributed by atoms with van der Waals surface area (Å²) in [5.41, 5.74) is 0. The third kappa shape index (κ3) is 6.21. The van der Waals surface area contributed by atoms with Crippen LogP contribution in [0.4, 0.5) is 0 Å². The molecule has 0 bridgehead atoms. The van der Waals surface area contributed by atoms with Crippen LogP contribution in [-0.4, -0.2) is 63.5 Å². The van der Waals surface area contributed by atoms with Gasteiger partial charge in [-0.1, -0.05) is 13.8 Å². The molecule has 19 heavy (non-hydrogen) atoms. The lowest BCUT2D eigenvalue weighted by Gasteiger charge is -2.37. The quantitative estimate of drug-likeness (QED) is 0.621. The molecule has 2 unspecified atom stereocenters.